The van der Waals surface area contributed by atoms with E-state index in [2.05, 4.69) is 20.3 Å². The minimum atomic E-state index is -0.448. The zero-order valence-electron chi connectivity index (χ0n) is 17.0. The van der Waals surface area contributed by atoms with Crippen molar-refractivity contribution in [3.63, 3.8) is 0 Å². The highest BCUT2D eigenvalue weighted by atomic mass is 19.1. The highest BCUT2D eigenvalue weighted by Gasteiger charge is 2.18. The molecule has 154 valence electrons. The van der Waals surface area contributed by atoms with Crippen LogP contribution in [0.5, 0.6) is 0 Å². The summed E-state index contributed by atoms with van der Waals surface area (Å²) in [5.74, 6) is 0.139. The Labute approximate surface area is 177 Å². The van der Waals surface area contributed by atoms with Gasteiger partial charge in [0.25, 0.3) is 5.91 Å². The molecule has 1 N–H and O–H groups in total. The predicted octanol–water partition coefficient (Wildman–Crippen LogP) is 4.07. The fourth-order valence-electron chi connectivity index (χ4n) is 3.73. The Kier molecular flexibility index (Phi) is 4.47. The summed E-state index contributed by atoms with van der Waals surface area (Å²) >= 11 is 0. The van der Waals surface area contributed by atoms with Gasteiger partial charge in [0.2, 0.25) is 0 Å². The molecule has 7 nitrogen and oxygen atoms in total. The number of aryl methyl sites for hydroxylation is 2. The third-order valence-corrected chi connectivity index (χ3v) is 5.39. The van der Waals surface area contributed by atoms with Gasteiger partial charge in [0.1, 0.15) is 23.0 Å². The number of anilines is 1. The van der Waals surface area contributed by atoms with Crippen molar-refractivity contribution in [2.75, 3.05) is 5.32 Å². The lowest BCUT2D eigenvalue weighted by molar-refractivity contribution is 0.101. The van der Waals surface area contributed by atoms with Gasteiger partial charge >= 0.3 is 0 Å². The molecule has 0 unspecified atom stereocenters. The summed E-state index contributed by atoms with van der Waals surface area (Å²) < 4.78 is 17.5. The van der Waals surface area contributed by atoms with Crippen LogP contribution < -0.4 is 5.32 Å². The smallest absolute Gasteiger partial charge is 0.272 e. The normalized spacial score (nSPS) is 11.3. The van der Waals surface area contributed by atoms with Crippen molar-refractivity contribution in [3.05, 3.63) is 84.0 Å². The number of carbonyl (C=O) groups is 1. The maximum atomic E-state index is 13.7. The molecule has 0 saturated heterocycles. The third kappa shape index (κ3) is 3.42. The largest absolute Gasteiger partial charge is 0.331 e. The van der Waals surface area contributed by atoms with Crippen LogP contribution in [0.4, 0.5) is 10.1 Å². The van der Waals surface area contributed by atoms with Crippen LogP contribution in [-0.2, 0) is 13.6 Å². The first kappa shape index (κ1) is 18.9. The van der Waals surface area contributed by atoms with Gasteiger partial charge in [-0.3, -0.25) is 9.78 Å². The molecule has 0 aliphatic carbocycles. The van der Waals surface area contributed by atoms with Gasteiger partial charge in [-0.15, -0.1) is 0 Å². The number of rotatable bonds is 4. The van der Waals surface area contributed by atoms with Crippen molar-refractivity contribution in [2.24, 2.45) is 7.05 Å². The molecular weight excluding hydrogens is 395 g/mol. The summed E-state index contributed by atoms with van der Waals surface area (Å²) in [6.07, 6.45) is 4.54. The zero-order chi connectivity index (χ0) is 21.5. The first-order chi connectivity index (χ1) is 15.0. The SMILES string of the molecule is Cc1nc2cc(NC(=O)c3cc4cc(F)cnc4n3Cc3ccncc3)ccc2n1C. The van der Waals surface area contributed by atoms with Crippen LogP contribution in [0.25, 0.3) is 22.1 Å². The highest BCUT2D eigenvalue weighted by Crippen LogP contribution is 2.23. The van der Waals surface area contributed by atoms with Crippen molar-refractivity contribution in [3.8, 4) is 0 Å². The number of nitrogens with one attached hydrogen (secondary N) is 1. The van der Waals surface area contributed by atoms with Crippen LogP contribution in [0.1, 0.15) is 21.9 Å². The van der Waals surface area contributed by atoms with Crippen LogP contribution >= 0.6 is 0 Å². The van der Waals surface area contributed by atoms with Gasteiger partial charge in [-0.2, -0.15) is 0 Å². The molecule has 5 aromatic rings. The number of fused-ring (bicyclic) bond motifs is 2. The minimum Gasteiger partial charge on any atom is -0.331 e. The number of carbonyl (C=O) groups excluding carboxylic acids is 1. The van der Waals surface area contributed by atoms with E-state index < -0.39 is 5.82 Å². The molecule has 0 aliphatic heterocycles. The summed E-state index contributed by atoms with van der Waals surface area (Å²) in [7, 11) is 1.95. The van der Waals surface area contributed by atoms with Crippen molar-refractivity contribution in [1.82, 2.24) is 24.1 Å². The van der Waals surface area contributed by atoms with E-state index >= 15 is 0 Å². The lowest BCUT2D eigenvalue weighted by Gasteiger charge is -2.11. The number of amides is 1. The molecule has 8 heteroatoms. The minimum absolute atomic E-state index is 0.306. The van der Waals surface area contributed by atoms with Crippen molar-refractivity contribution < 1.29 is 9.18 Å². The summed E-state index contributed by atoms with van der Waals surface area (Å²) in [6, 6.07) is 12.4. The highest BCUT2D eigenvalue weighted by molar-refractivity contribution is 6.06. The maximum absolute atomic E-state index is 13.7. The maximum Gasteiger partial charge on any atom is 0.272 e. The number of benzene rings is 1. The van der Waals surface area contributed by atoms with E-state index in [0.29, 0.717) is 29.0 Å². The van der Waals surface area contributed by atoms with Gasteiger partial charge in [0.05, 0.1) is 17.2 Å². The summed E-state index contributed by atoms with van der Waals surface area (Å²) in [5.41, 5.74) is 4.32. The molecule has 4 heterocycles. The number of halogens is 1. The van der Waals surface area contributed by atoms with E-state index in [4.69, 9.17) is 0 Å². The Morgan fingerprint density at radius 3 is 2.74 bits per heavy atom. The fraction of sp³-hybridized carbons (Fsp3) is 0.130. The van der Waals surface area contributed by atoms with E-state index in [0.717, 1.165) is 28.6 Å². The quantitative estimate of drug-likeness (QED) is 0.481. The van der Waals surface area contributed by atoms with Crippen LogP contribution in [0, 0.1) is 12.7 Å². The molecule has 0 radical (unpaired) electrons. The monoisotopic (exact) mass is 414 g/mol. The van der Waals surface area contributed by atoms with Crippen molar-refractivity contribution in [2.45, 2.75) is 13.5 Å². The molecule has 0 bridgehead atoms. The molecule has 31 heavy (non-hydrogen) atoms. The number of hydrogen-bond donors (Lipinski definition) is 1. The van der Waals surface area contributed by atoms with Crippen molar-refractivity contribution in [1.29, 1.82) is 0 Å². The number of hydrogen-bond acceptors (Lipinski definition) is 4. The van der Waals surface area contributed by atoms with Gasteiger partial charge < -0.3 is 14.5 Å². The molecule has 0 spiro atoms. The Bertz CT molecular complexity index is 1440. The first-order valence-corrected chi connectivity index (χ1v) is 9.78. The number of pyridine rings is 2. The van der Waals surface area contributed by atoms with Crippen LogP contribution in [0.2, 0.25) is 0 Å². The molecule has 0 aliphatic rings. The Morgan fingerprint density at radius 1 is 1.13 bits per heavy atom. The van der Waals surface area contributed by atoms with Gasteiger partial charge in [-0.25, -0.2) is 14.4 Å². The number of imidazole rings is 1. The van der Waals surface area contributed by atoms with Gasteiger partial charge in [-0.05, 0) is 55.0 Å². The molecule has 0 fully saturated rings. The second kappa shape index (κ2) is 7.32. The summed E-state index contributed by atoms with van der Waals surface area (Å²) in [5, 5.41) is 3.50. The molecule has 1 aromatic carbocycles. The topological polar surface area (TPSA) is 77.6 Å². The zero-order valence-corrected chi connectivity index (χ0v) is 17.0. The summed E-state index contributed by atoms with van der Waals surface area (Å²) in [4.78, 5) is 26.0. The standard InChI is InChI=1S/C23H19FN6O/c1-14-27-19-11-18(3-4-20(19)29(14)2)28-23(31)21-10-16-9-17(24)12-26-22(16)30(21)13-15-5-7-25-8-6-15/h3-12H,13H2,1-2H3,(H,28,31). The molecule has 4 aromatic heterocycles. The average Bonchev–Trinajstić information content (AvgIpc) is 3.25. The molecule has 0 atom stereocenters. The van der Waals surface area contributed by atoms with Gasteiger partial charge in [0.15, 0.2) is 0 Å². The van der Waals surface area contributed by atoms with E-state index in [1.165, 1.54) is 6.07 Å². The lowest BCUT2D eigenvalue weighted by atomic mass is 10.2. The van der Waals surface area contributed by atoms with Crippen molar-refractivity contribution >= 4 is 33.7 Å². The second-order valence-electron chi connectivity index (χ2n) is 7.41. The molecule has 5 rings (SSSR count). The number of aromatic nitrogens is 5. The van der Waals surface area contributed by atoms with E-state index in [1.54, 1.807) is 23.0 Å². The Balaban J connectivity index is 1.54. The van der Waals surface area contributed by atoms with Crippen LogP contribution in [0.15, 0.2) is 61.1 Å². The predicted molar refractivity (Wildman–Crippen MR) is 116 cm³/mol. The lowest BCUT2D eigenvalue weighted by Crippen LogP contribution is -2.17. The molecular formula is C23H19FN6O. The molecule has 0 saturated carbocycles. The Hall–Kier alpha value is -4.07. The van der Waals surface area contributed by atoms with E-state index in [1.807, 2.05) is 48.9 Å². The third-order valence-electron chi connectivity index (χ3n) is 5.39. The van der Waals surface area contributed by atoms with E-state index in [9.17, 15) is 9.18 Å². The van der Waals surface area contributed by atoms with Gasteiger partial charge in [0, 0.05) is 37.1 Å². The Morgan fingerprint density at radius 2 is 1.94 bits per heavy atom. The second-order valence-corrected chi connectivity index (χ2v) is 7.41. The molecule has 1 amide bonds. The van der Waals surface area contributed by atoms with Crippen LogP contribution in [-0.4, -0.2) is 30.0 Å². The number of nitrogens with zero attached hydrogens (tertiary/aromatic N) is 5. The van der Waals surface area contributed by atoms with Crippen LogP contribution in [0.3, 0.4) is 0 Å². The fourth-order valence-corrected chi connectivity index (χ4v) is 3.73. The van der Waals surface area contributed by atoms with Gasteiger partial charge in [-0.1, -0.05) is 0 Å². The first-order valence-electron chi connectivity index (χ1n) is 9.78. The summed E-state index contributed by atoms with van der Waals surface area (Å²) in [6.45, 7) is 2.34. The average molecular weight is 414 g/mol. The van der Waals surface area contributed by atoms with E-state index in [-0.39, 0.29) is 5.91 Å².